The summed E-state index contributed by atoms with van der Waals surface area (Å²) >= 11 is 0. The molecule has 1 unspecified atom stereocenters. The van der Waals surface area contributed by atoms with Gasteiger partial charge in [0.05, 0.1) is 6.54 Å². The Labute approximate surface area is 158 Å². The molecule has 27 heavy (non-hydrogen) atoms. The van der Waals surface area contributed by atoms with Crippen LogP contribution in [-0.4, -0.2) is 81.1 Å². The van der Waals surface area contributed by atoms with Crippen LogP contribution in [0.15, 0.2) is 36.7 Å². The van der Waals surface area contributed by atoms with E-state index in [1.165, 1.54) is 11.0 Å². The Morgan fingerprint density at radius 1 is 1.15 bits per heavy atom. The lowest BCUT2D eigenvalue weighted by molar-refractivity contribution is -0.137. The molecular weight excluding hydrogens is 346 g/mol. The third-order valence-corrected chi connectivity index (χ3v) is 4.67. The molecule has 1 aliphatic heterocycles. The molecule has 0 bridgehead atoms. The normalized spacial score (nSPS) is 16.1. The van der Waals surface area contributed by atoms with Crippen molar-refractivity contribution < 1.29 is 9.59 Å². The second-order valence-electron chi connectivity index (χ2n) is 6.55. The minimum Gasteiger partial charge on any atom is -0.355 e. The molecule has 0 spiro atoms. The fourth-order valence-corrected chi connectivity index (χ4v) is 3.24. The summed E-state index contributed by atoms with van der Waals surface area (Å²) in [4.78, 5) is 28.8. The van der Waals surface area contributed by atoms with E-state index in [1.807, 2.05) is 42.2 Å². The molecule has 0 radical (unpaired) electrons. The summed E-state index contributed by atoms with van der Waals surface area (Å²) in [5.74, 6) is 0.0248. The maximum atomic E-state index is 13.1. The van der Waals surface area contributed by atoms with Crippen LogP contribution >= 0.6 is 0 Å². The van der Waals surface area contributed by atoms with Gasteiger partial charge in [-0.3, -0.25) is 14.5 Å². The highest BCUT2D eigenvalue weighted by atomic mass is 16.2. The molecule has 1 aromatic heterocycles. The van der Waals surface area contributed by atoms with Gasteiger partial charge in [-0.15, -0.1) is 5.10 Å². The average Bonchev–Trinajstić information content (AvgIpc) is 3.22. The fourth-order valence-electron chi connectivity index (χ4n) is 3.24. The topological polar surface area (TPSA) is 96.2 Å². The van der Waals surface area contributed by atoms with Gasteiger partial charge in [-0.05, 0) is 22.9 Å². The second kappa shape index (κ2) is 9.22. The summed E-state index contributed by atoms with van der Waals surface area (Å²) in [5, 5.41) is 14.1. The minimum absolute atomic E-state index is 0.00353. The molecule has 0 saturated carbocycles. The molecule has 0 aliphatic carbocycles. The van der Waals surface area contributed by atoms with Crippen molar-refractivity contribution in [2.24, 2.45) is 0 Å². The van der Waals surface area contributed by atoms with Gasteiger partial charge in [0, 0.05) is 39.1 Å². The number of amides is 2. The third-order valence-electron chi connectivity index (χ3n) is 4.67. The van der Waals surface area contributed by atoms with Crippen molar-refractivity contribution >= 4 is 11.8 Å². The van der Waals surface area contributed by atoms with Gasteiger partial charge in [-0.2, -0.15) is 0 Å². The highest BCUT2D eigenvalue weighted by molar-refractivity contribution is 5.81. The lowest BCUT2D eigenvalue weighted by atomic mass is 10.0. The largest absolute Gasteiger partial charge is 0.355 e. The molecule has 2 aromatic rings. The van der Waals surface area contributed by atoms with Gasteiger partial charge < -0.3 is 10.2 Å². The lowest BCUT2D eigenvalue weighted by Crippen LogP contribution is -2.52. The van der Waals surface area contributed by atoms with Crippen LogP contribution in [0.2, 0.25) is 0 Å². The monoisotopic (exact) mass is 371 g/mol. The molecule has 1 aliphatic rings. The molecule has 1 N–H and O–H groups in total. The lowest BCUT2D eigenvalue weighted by Gasteiger charge is -2.36. The van der Waals surface area contributed by atoms with E-state index in [-0.39, 0.29) is 11.8 Å². The number of hydrogen-bond acceptors (Lipinski definition) is 6. The molecule has 2 heterocycles. The molecule has 1 atom stereocenters. The predicted octanol–water partition coefficient (Wildman–Crippen LogP) is -0.263. The predicted molar refractivity (Wildman–Crippen MR) is 98.7 cm³/mol. The van der Waals surface area contributed by atoms with E-state index in [4.69, 9.17) is 0 Å². The molecule has 3 rings (SSSR count). The van der Waals surface area contributed by atoms with Crippen LogP contribution in [0.4, 0.5) is 0 Å². The van der Waals surface area contributed by atoms with Crippen LogP contribution in [0.5, 0.6) is 0 Å². The Hall–Kier alpha value is -2.81. The van der Waals surface area contributed by atoms with Gasteiger partial charge in [-0.25, -0.2) is 4.68 Å². The Balaban J connectivity index is 1.62. The first-order chi connectivity index (χ1) is 13.2. The zero-order valence-electron chi connectivity index (χ0n) is 15.5. The number of aromatic nitrogens is 4. The highest BCUT2D eigenvalue weighted by Gasteiger charge is 2.30. The van der Waals surface area contributed by atoms with Crippen molar-refractivity contribution in [3.8, 4) is 0 Å². The van der Waals surface area contributed by atoms with E-state index in [9.17, 15) is 9.59 Å². The zero-order chi connectivity index (χ0) is 19.1. The molecule has 9 nitrogen and oxygen atoms in total. The zero-order valence-corrected chi connectivity index (χ0v) is 15.5. The van der Waals surface area contributed by atoms with E-state index in [0.29, 0.717) is 45.7 Å². The smallest absolute Gasteiger partial charge is 0.248 e. The molecule has 1 fully saturated rings. The van der Waals surface area contributed by atoms with Crippen LogP contribution in [0.1, 0.15) is 18.5 Å². The van der Waals surface area contributed by atoms with Crippen LogP contribution in [0, 0.1) is 0 Å². The van der Waals surface area contributed by atoms with Crippen molar-refractivity contribution in [3.05, 3.63) is 42.2 Å². The van der Waals surface area contributed by atoms with Crippen molar-refractivity contribution in [2.45, 2.75) is 19.4 Å². The first-order valence-corrected chi connectivity index (χ1v) is 9.21. The Bertz CT molecular complexity index is 727. The number of hydrogen-bond donors (Lipinski definition) is 1. The van der Waals surface area contributed by atoms with Gasteiger partial charge in [0.25, 0.3) is 0 Å². The molecule has 144 valence electrons. The minimum atomic E-state index is -0.475. The van der Waals surface area contributed by atoms with Crippen LogP contribution in [0.25, 0.3) is 0 Å². The molecule has 1 aromatic carbocycles. The van der Waals surface area contributed by atoms with Gasteiger partial charge in [0.15, 0.2) is 0 Å². The van der Waals surface area contributed by atoms with E-state index >= 15 is 0 Å². The van der Waals surface area contributed by atoms with Gasteiger partial charge in [0.2, 0.25) is 11.8 Å². The average molecular weight is 371 g/mol. The summed E-state index contributed by atoms with van der Waals surface area (Å²) in [6, 6.07) is 9.37. The molecule has 1 saturated heterocycles. The van der Waals surface area contributed by atoms with Crippen LogP contribution in [-0.2, 0) is 16.0 Å². The van der Waals surface area contributed by atoms with Gasteiger partial charge in [-0.1, -0.05) is 30.3 Å². The maximum Gasteiger partial charge on any atom is 0.248 e. The molecular formula is C18H25N7O2. The first kappa shape index (κ1) is 19.0. The second-order valence-corrected chi connectivity index (χ2v) is 6.55. The Morgan fingerprint density at radius 2 is 1.89 bits per heavy atom. The number of rotatable bonds is 7. The van der Waals surface area contributed by atoms with E-state index in [2.05, 4.69) is 25.7 Å². The van der Waals surface area contributed by atoms with E-state index in [0.717, 1.165) is 5.56 Å². The van der Waals surface area contributed by atoms with Crippen molar-refractivity contribution in [1.29, 1.82) is 0 Å². The van der Waals surface area contributed by atoms with Gasteiger partial charge >= 0.3 is 0 Å². The quantitative estimate of drug-likeness (QED) is 0.720. The number of nitrogens with zero attached hydrogens (tertiary/aromatic N) is 6. The van der Waals surface area contributed by atoms with Gasteiger partial charge in [0.1, 0.15) is 12.4 Å². The summed E-state index contributed by atoms with van der Waals surface area (Å²) in [7, 11) is 0. The maximum absolute atomic E-state index is 13.1. The SMILES string of the molecule is CCNC(=O)CN1CCN(C(=O)C(Cc2ccccc2)n2cnnn2)CC1. The van der Waals surface area contributed by atoms with Crippen LogP contribution in [0.3, 0.4) is 0 Å². The number of carbonyl (C=O) groups excluding carboxylic acids is 2. The fraction of sp³-hybridized carbons (Fsp3) is 0.500. The molecule has 9 heteroatoms. The summed E-state index contributed by atoms with van der Waals surface area (Å²) in [6.45, 7) is 5.44. The van der Waals surface area contributed by atoms with Crippen molar-refractivity contribution in [1.82, 2.24) is 35.3 Å². The summed E-state index contributed by atoms with van der Waals surface area (Å²) in [5.41, 5.74) is 1.06. The van der Waals surface area contributed by atoms with E-state index < -0.39 is 6.04 Å². The third kappa shape index (κ3) is 5.10. The molecule has 2 amide bonds. The number of carbonyl (C=O) groups is 2. The highest BCUT2D eigenvalue weighted by Crippen LogP contribution is 2.17. The standard InChI is InChI=1S/C18H25N7O2/c1-2-19-17(26)13-23-8-10-24(11-9-23)18(27)16(25-14-20-21-22-25)12-15-6-4-3-5-7-15/h3-7,14,16H,2,8-13H2,1H3,(H,19,26). The van der Waals surface area contributed by atoms with Crippen molar-refractivity contribution in [2.75, 3.05) is 39.3 Å². The van der Waals surface area contributed by atoms with E-state index in [1.54, 1.807) is 0 Å². The number of piperazine rings is 1. The van der Waals surface area contributed by atoms with Crippen LogP contribution < -0.4 is 5.32 Å². The summed E-state index contributed by atoms with van der Waals surface area (Å²) in [6.07, 6.45) is 2.01. The number of tetrazole rings is 1. The Morgan fingerprint density at radius 3 is 2.52 bits per heavy atom. The number of likely N-dealkylation sites (N-methyl/N-ethyl adjacent to an activating group) is 1. The number of benzene rings is 1. The number of nitrogens with one attached hydrogen (secondary N) is 1. The summed E-state index contributed by atoms with van der Waals surface area (Å²) < 4.78 is 1.52. The van der Waals surface area contributed by atoms with Crippen molar-refractivity contribution in [3.63, 3.8) is 0 Å². The first-order valence-electron chi connectivity index (χ1n) is 9.21. The Kier molecular flexibility index (Phi) is 6.48.